The van der Waals surface area contributed by atoms with E-state index in [1.54, 1.807) is 0 Å². The van der Waals surface area contributed by atoms with Gasteiger partial charge in [-0.2, -0.15) is 13.2 Å². The van der Waals surface area contributed by atoms with Gasteiger partial charge in [-0.05, 0) is 64.2 Å². The maximum atomic E-state index is 13.1. The molecule has 41 heavy (non-hydrogen) atoms. The Kier molecular flexibility index (Phi) is 9.39. The molecule has 4 rings (SSSR count). The number of nitrogens with one attached hydrogen (secondary N) is 3. The second kappa shape index (κ2) is 12.5. The number of rotatable bonds is 11. The number of aliphatic imine (C=N–C) groups is 1. The first-order valence-electron chi connectivity index (χ1n) is 13.1. The Bertz CT molecular complexity index is 1320. The number of carbonyl (C=O) groups excluding carboxylic acids is 1. The summed E-state index contributed by atoms with van der Waals surface area (Å²) in [6.07, 6.45) is 1.11. The average molecular weight is 612 g/mol. The fourth-order valence-corrected chi connectivity index (χ4v) is 5.25. The SMILES string of the molecule is C=C/C(=N\C(=C)NCC1CCC(C)(C)N1)SNC(=O)c1ccc(-n2ccc(OCCC3(C(F)(F)F)CC3)n2)nc1Cl. The van der Waals surface area contributed by atoms with Crippen molar-refractivity contribution in [3.63, 3.8) is 0 Å². The van der Waals surface area contributed by atoms with Crippen molar-refractivity contribution in [2.45, 2.75) is 63.7 Å². The summed E-state index contributed by atoms with van der Waals surface area (Å²) >= 11 is 7.24. The van der Waals surface area contributed by atoms with E-state index in [2.05, 4.69) is 57.4 Å². The van der Waals surface area contributed by atoms with Crippen molar-refractivity contribution in [1.82, 2.24) is 30.1 Å². The Hall–Kier alpha value is -3.03. The summed E-state index contributed by atoms with van der Waals surface area (Å²) in [5.41, 5.74) is -1.38. The van der Waals surface area contributed by atoms with Gasteiger partial charge in [0, 0.05) is 42.3 Å². The standard InChI is InChI=1S/C27H33ClF3N7O2S/c1-5-22(33-17(2)32-16-18-8-10-25(3,4)35-18)41-37-24(39)19-6-7-20(34-23(19)28)38-14-9-21(36-38)40-15-13-26(11-12-26)27(29,30)31/h5-7,9,14,18,32,35H,1-2,8,10-13,15-16H2,3-4H3,(H,37,39)/b33-22+. The quantitative estimate of drug-likeness (QED) is 0.132. The largest absolute Gasteiger partial charge is 0.477 e. The van der Waals surface area contributed by atoms with Gasteiger partial charge in [0.05, 0.1) is 17.6 Å². The van der Waals surface area contributed by atoms with Gasteiger partial charge in [-0.1, -0.05) is 24.8 Å². The van der Waals surface area contributed by atoms with Crippen LogP contribution in [0.5, 0.6) is 5.88 Å². The molecule has 1 aliphatic carbocycles. The van der Waals surface area contributed by atoms with Crippen molar-refractivity contribution in [3.05, 3.63) is 60.2 Å². The van der Waals surface area contributed by atoms with Crippen LogP contribution in [0.25, 0.3) is 5.82 Å². The Labute approximate surface area is 246 Å². The molecule has 1 aliphatic heterocycles. The van der Waals surface area contributed by atoms with Crippen LogP contribution in [0.4, 0.5) is 13.2 Å². The van der Waals surface area contributed by atoms with E-state index >= 15 is 0 Å². The van der Waals surface area contributed by atoms with Gasteiger partial charge in [0.1, 0.15) is 16.0 Å². The summed E-state index contributed by atoms with van der Waals surface area (Å²) in [6.45, 7) is 12.6. The van der Waals surface area contributed by atoms with E-state index < -0.39 is 17.5 Å². The van der Waals surface area contributed by atoms with E-state index in [1.165, 1.54) is 35.2 Å². The fourth-order valence-electron chi connectivity index (χ4n) is 4.47. The van der Waals surface area contributed by atoms with Crippen molar-refractivity contribution in [1.29, 1.82) is 0 Å². The summed E-state index contributed by atoms with van der Waals surface area (Å²) in [5, 5.41) is 11.3. The number of hydrogen-bond donors (Lipinski definition) is 3. The highest BCUT2D eigenvalue weighted by Gasteiger charge is 2.62. The van der Waals surface area contributed by atoms with Crippen LogP contribution < -0.4 is 20.1 Å². The Morgan fingerprint density at radius 2 is 2.10 bits per heavy atom. The van der Waals surface area contributed by atoms with Crippen LogP contribution in [0.15, 0.2) is 54.4 Å². The lowest BCUT2D eigenvalue weighted by Crippen LogP contribution is -2.41. The van der Waals surface area contributed by atoms with Gasteiger partial charge in [0.25, 0.3) is 5.91 Å². The minimum atomic E-state index is -4.22. The van der Waals surface area contributed by atoms with Gasteiger partial charge >= 0.3 is 6.18 Å². The molecule has 14 heteroatoms. The van der Waals surface area contributed by atoms with E-state index in [4.69, 9.17) is 16.3 Å². The predicted molar refractivity (Wildman–Crippen MR) is 154 cm³/mol. The molecule has 2 aromatic rings. The number of aromatic nitrogens is 3. The molecule has 0 bridgehead atoms. The van der Waals surface area contributed by atoms with Crippen molar-refractivity contribution in [2.75, 3.05) is 13.2 Å². The molecule has 2 fully saturated rings. The summed E-state index contributed by atoms with van der Waals surface area (Å²) < 4.78 is 48.7. The Morgan fingerprint density at radius 1 is 1.34 bits per heavy atom. The lowest BCUT2D eigenvalue weighted by Gasteiger charge is -2.20. The third kappa shape index (κ3) is 8.04. The smallest absolute Gasteiger partial charge is 0.394 e. The second-order valence-electron chi connectivity index (χ2n) is 10.8. The minimum Gasteiger partial charge on any atom is -0.477 e. The zero-order valence-corrected chi connectivity index (χ0v) is 24.4. The number of ether oxygens (including phenoxy) is 1. The first-order valence-corrected chi connectivity index (χ1v) is 14.3. The fraction of sp³-hybridized carbons (Fsp3) is 0.481. The number of hydrogen-bond acceptors (Lipinski definition) is 8. The predicted octanol–water partition coefficient (Wildman–Crippen LogP) is 5.59. The highest BCUT2D eigenvalue weighted by atomic mass is 35.5. The molecule has 0 aromatic carbocycles. The highest BCUT2D eigenvalue weighted by molar-refractivity contribution is 8.13. The van der Waals surface area contributed by atoms with Gasteiger partial charge in [0.2, 0.25) is 5.88 Å². The first kappa shape index (κ1) is 30.9. The van der Waals surface area contributed by atoms with Crippen molar-refractivity contribution in [3.8, 4) is 11.7 Å². The Morgan fingerprint density at radius 3 is 2.71 bits per heavy atom. The van der Waals surface area contributed by atoms with Gasteiger partial charge in [0.15, 0.2) is 5.82 Å². The number of alkyl halides is 3. The van der Waals surface area contributed by atoms with Crippen LogP contribution in [-0.4, -0.2) is 56.6 Å². The van der Waals surface area contributed by atoms with E-state index in [9.17, 15) is 18.0 Å². The van der Waals surface area contributed by atoms with Crippen molar-refractivity contribution in [2.24, 2.45) is 10.4 Å². The molecule has 2 aromatic heterocycles. The molecule has 222 valence electrons. The van der Waals surface area contributed by atoms with Crippen molar-refractivity contribution >= 4 is 34.5 Å². The number of amides is 1. The van der Waals surface area contributed by atoms with Crippen LogP contribution in [0.1, 0.15) is 56.3 Å². The molecular formula is C27H33ClF3N7O2S. The maximum Gasteiger partial charge on any atom is 0.394 e. The normalized spacial score (nSPS) is 19.5. The lowest BCUT2D eigenvalue weighted by molar-refractivity contribution is -0.190. The van der Waals surface area contributed by atoms with Crippen LogP contribution >= 0.6 is 23.5 Å². The summed E-state index contributed by atoms with van der Waals surface area (Å²) in [7, 11) is 0. The molecule has 1 saturated heterocycles. The summed E-state index contributed by atoms with van der Waals surface area (Å²) in [4.78, 5) is 21.3. The summed E-state index contributed by atoms with van der Waals surface area (Å²) in [5.74, 6) is 0.425. The highest BCUT2D eigenvalue weighted by Crippen LogP contribution is 2.59. The number of carbonyl (C=O) groups is 1. The zero-order chi connectivity index (χ0) is 29.8. The van der Waals surface area contributed by atoms with Crippen LogP contribution in [0, 0.1) is 5.41 Å². The lowest BCUT2D eigenvalue weighted by atomic mass is 10.0. The van der Waals surface area contributed by atoms with Crippen LogP contribution in [0.3, 0.4) is 0 Å². The molecular weight excluding hydrogens is 579 g/mol. The molecule has 0 spiro atoms. The second-order valence-corrected chi connectivity index (χ2v) is 11.9. The number of halogens is 4. The van der Waals surface area contributed by atoms with Gasteiger partial charge in [-0.15, -0.1) is 5.10 Å². The topological polar surface area (TPSA) is 105 Å². The van der Waals surface area contributed by atoms with E-state index in [1.807, 2.05) is 0 Å². The summed E-state index contributed by atoms with van der Waals surface area (Å²) in [6, 6.07) is 4.87. The number of pyridine rings is 1. The third-order valence-corrected chi connectivity index (χ3v) is 8.14. The minimum absolute atomic E-state index is 0.0606. The van der Waals surface area contributed by atoms with Gasteiger partial charge < -0.3 is 15.4 Å². The van der Waals surface area contributed by atoms with Crippen LogP contribution in [-0.2, 0) is 0 Å². The van der Waals surface area contributed by atoms with Crippen LogP contribution in [0.2, 0.25) is 5.15 Å². The van der Waals surface area contributed by atoms with E-state index in [0.717, 1.165) is 24.8 Å². The molecule has 1 atom stereocenters. The molecule has 1 amide bonds. The maximum absolute atomic E-state index is 13.1. The first-order chi connectivity index (χ1) is 19.3. The van der Waals surface area contributed by atoms with E-state index in [0.29, 0.717) is 29.3 Å². The monoisotopic (exact) mass is 611 g/mol. The molecule has 3 N–H and O–H groups in total. The molecule has 9 nitrogen and oxygen atoms in total. The van der Waals surface area contributed by atoms with Gasteiger partial charge in [-0.3, -0.25) is 9.52 Å². The van der Waals surface area contributed by atoms with Gasteiger partial charge in [-0.25, -0.2) is 14.7 Å². The van der Waals surface area contributed by atoms with Crippen molar-refractivity contribution < 1.29 is 22.7 Å². The zero-order valence-electron chi connectivity index (χ0n) is 22.9. The number of nitrogens with zero attached hydrogens (tertiary/aromatic N) is 4. The Balaban J connectivity index is 1.27. The average Bonchev–Trinajstić information content (AvgIpc) is 3.43. The molecule has 1 unspecified atom stereocenters. The third-order valence-electron chi connectivity index (χ3n) is 7.10. The molecule has 0 radical (unpaired) electrons. The molecule has 2 aliphatic rings. The molecule has 3 heterocycles. The molecule has 1 saturated carbocycles. The van der Waals surface area contributed by atoms with E-state index in [-0.39, 0.29) is 48.0 Å².